The van der Waals surface area contributed by atoms with Crippen molar-refractivity contribution in [2.75, 3.05) is 6.54 Å². The summed E-state index contributed by atoms with van der Waals surface area (Å²) < 4.78 is 13.0. The molecule has 0 spiro atoms. The van der Waals surface area contributed by atoms with E-state index in [1.807, 2.05) is 6.92 Å². The minimum Gasteiger partial charge on any atom is -0.677 e. The molecule has 0 saturated heterocycles. The number of aliphatic hydroxyl groups is 1. The number of hydrogen-bond acceptors (Lipinski definition) is 2. The molecule has 25 heavy (non-hydrogen) atoms. The summed E-state index contributed by atoms with van der Waals surface area (Å²) in [6.45, 7) is 5.75. The number of nitrogens with one attached hydrogen (secondary N) is 1. The van der Waals surface area contributed by atoms with E-state index in [-0.39, 0.29) is 27.7 Å². The number of hydrogen-bond donors (Lipinski definition) is 1. The fraction of sp³-hybridized carbons (Fsp3) is 0.450. The molecule has 1 aromatic heterocycles. The van der Waals surface area contributed by atoms with Crippen LogP contribution in [0.4, 0.5) is 4.39 Å². The van der Waals surface area contributed by atoms with Gasteiger partial charge in [-0.3, -0.25) is 4.98 Å². The summed E-state index contributed by atoms with van der Waals surface area (Å²) in [5.74, 6) is 0.522. The van der Waals surface area contributed by atoms with Gasteiger partial charge in [0.2, 0.25) is 0 Å². The van der Waals surface area contributed by atoms with Crippen LogP contribution in [0.15, 0.2) is 49.0 Å². The molecule has 1 aliphatic carbocycles. The average Bonchev–Trinajstić information content (AvgIpc) is 3.13. The Kier molecular flexibility index (Phi) is 13.5. The maximum absolute atomic E-state index is 13.0. The van der Waals surface area contributed by atoms with Crippen molar-refractivity contribution in [3.8, 4) is 0 Å². The second kappa shape index (κ2) is 14.1. The van der Waals surface area contributed by atoms with Gasteiger partial charge in [0.25, 0.3) is 0 Å². The van der Waals surface area contributed by atoms with Gasteiger partial charge in [0.15, 0.2) is 0 Å². The van der Waals surface area contributed by atoms with Crippen molar-refractivity contribution in [2.45, 2.75) is 45.6 Å². The number of halogens is 1. The normalized spacial score (nSPS) is 15.2. The topological polar surface area (TPSA) is 56.9 Å². The van der Waals surface area contributed by atoms with Gasteiger partial charge in [-0.15, -0.1) is 0 Å². The maximum atomic E-state index is 13.0. The van der Waals surface area contributed by atoms with Crippen LogP contribution in [0.5, 0.6) is 0 Å². The molecule has 1 aromatic rings. The van der Waals surface area contributed by atoms with Crippen molar-refractivity contribution < 1.29 is 30.6 Å². The second-order valence-corrected chi connectivity index (χ2v) is 5.88. The molecule has 5 heteroatoms. The first-order chi connectivity index (χ1) is 11.6. The Bertz CT molecular complexity index is 549. The molecule has 0 unspecified atom stereocenters. The Balaban J connectivity index is 0.000000540. The first kappa shape index (κ1) is 23.9. The van der Waals surface area contributed by atoms with Crippen LogP contribution in [0.2, 0.25) is 0 Å². The predicted octanol–water partition coefficient (Wildman–Crippen LogP) is 5.63. The zero-order valence-electron chi connectivity index (χ0n) is 14.9. The van der Waals surface area contributed by atoms with E-state index in [2.05, 4.69) is 11.6 Å². The number of pyridine rings is 1. The van der Waals surface area contributed by atoms with E-state index in [1.165, 1.54) is 31.8 Å². The molecular weight excluding hydrogens is 487 g/mol. The fourth-order valence-corrected chi connectivity index (χ4v) is 2.70. The van der Waals surface area contributed by atoms with E-state index in [0.717, 1.165) is 24.0 Å². The molecule has 1 heterocycles. The first-order valence-corrected chi connectivity index (χ1v) is 8.51. The van der Waals surface area contributed by atoms with Gasteiger partial charge < -0.3 is 10.8 Å². The Hall–Kier alpha value is -1.09. The molecule has 2 rings (SSSR count). The van der Waals surface area contributed by atoms with Gasteiger partial charge in [-0.05, 0) is 42.2 Å². The van der Waals surface area contributed by atoms with Gasteiger partial charge >= 0.3 is 0 Å². The molecule has 0 aromatic carbocycles. The number of rotatable bonds is 6. The van der Waals surface area contributed by atoms with Gasteiger partial charge in [0, 0.05) is 27.3 Å². The van der Waals surface area contributed by atoms with E-state index >= 15 is 0 Å². The molecule has 0 bridgehead atoms. The van der Waals surface area contributed by atoms with Crippen LogP contribution >= 0.6 is 0 Å². The zero-order chi connectivity index (χ0) is 17.8. The van der Waals surface area contributed by atoms with E-state index in [0.29, 0.717) is 17.8 Å². The monoisotopic (exact) mass is 515 g/mol. The van der Waals surface area contributed by atoms with Crippen molar-refractivity contribution in [2.24, 2.45) is 5.92 Å². The minimum atomic E-state index is -0.402. The molecule has 0 aliphatic heterocycles. The van der Waals surface area contributed by atoms with Crippen LogP contribution in [0, 0.1) is 5.92 Å². The van der Waals surface area contributed by atoms with Crippen LogP contribution in [0.3, 0.4) is 0 Å². The molecule has 0 atom stereocenters. The molecule has 138 valence electrons. The number of allylic oxidation sites excluding steroid dienone is 5. The number of aliphatic hydroxyl groups excluding tert-OH is 1. The van der Waals surface area contributed by atoms with Crippen LogP contribution in [-0.4, -0.2) is 16.6 Å². The summed E-state index contributed by atoms with van der Waals surface area (Å²) in [7, 11) is 0. The second-order valence-electron chi connectivity index (χ2n) is 5.88. The third kappa shape index (κ3) is 9.25. The summed E-state index contributed by atoms with van der Waals surface area (Å²) in [6, 6.07) is 3.50. The Morgan fingerprint density at radius 1 is 1.40 bits per heavy atom. The molecule has 1 saturated carbocycles. The molecule has 1 fully saturated rings. The van der Waals surface area contributed by atoms with E-state index in [1.54, 1.807) is 24.4 Å². The van der Waals surface area contributed by atoms with Crippen molar-refractivity contribution in [3.05, 3.63) is 66.0 Å². The van der Waals surface area contributed by atoms with Crippen LogP contribution < -0.4 is 0 Å². The third-order valence-electron chi connectivity index (χ3n) is 4.13. The van der Waals surface area contributed by atoms with Gasteiger partial charge in [-0.2, -0.15) is 6.54 Å². The first-order valence-electron chi connectivity index (χ1n) is 8.51. The van der Waals surface area contributed by atoms with E-state index in [9.17, 15) is 4.39 Å². The minimum absolute atomic E-state index is 0. The molecular formula is C20H28FN2OW-. The Morgan fingerprint density at radius 2 is 2.08 bits per heavy atom. The van der Waals surface area contributed by atoms with Gasteiger partial charge in [0.1, 0.15) is 5.83 Å². The summed E-state index contributed by atoms with van der Waals surface area (Å²) in [5, 5.41) is 8.87. The molecule has 2 N–H and O–H groups in total. The van der Waals surface area contributed by atoms with Crippen molar-refractivity contribution in [3.63, 3.8) is 0 Å². The predicted molar refractivity (Wildman–Crippen MR) is 99.0 cm³/mol. The smallest absolute Gasteiger partial charge is 0.123 e. The number of nitrogens with zero attached hydrogens (tertiary/aromatic N) is 1. The van der Waals surface area contributed by atoms with E-state index < -0.39 is 5.83 Å². The summed E-state index contributed by atoms with van der Waals surface area (Å²) in [5.41, 5.74) is 9.04. The van der Waals surface area contributed by atoms with Gasteiger partial charge in [0.05, 0.1) is 12.3 Å². The van der Waals surface area contributed by atoms with Crippen molar-refractivity contribution in [1.29, 1.82) is 0 Å². The van der Waals surface area contributed by atoms with Gasteiger partial charge in [-0.25, -0.2) is 4.39 Å². The average molecular weight is 515 g/mol. The molecule has 3 nitrogen and oxygen atoms in total. The van der Waals surface area contributed by atoms with Crippen LogP contribution in [0.25, 0.3) is 11.3 Å². The largest absolute Gasteiger partial charge is 0.677 e. The van der Waals surface area contributed by atoms with E-state index in [4.69, 9.17) is 10.8 Å². The maximum Gasteiger partial charge on any atom is 0.123 e. The molecule has 0 radical (unpaired) electrons. The zero-order valence-corrected chi connectivity index (χ0v) is 17.8. The Labute approximate surface area is 165 Å². The SMILES string of the molecule is C=C/C(F)=C\C(=C/C)c1ccc(CO)cn1.[NH-]CCC1CCCC1.[W]. The summed E-state index contributed by atoms with van der Waals surface area (Å²) in [6.07, 6.45) is 12.6. The molecule has 0 amide bonds. The summed E-state index contributed by atoms with van der Waals surface area (Å²) in [4.78, 5) is 4.13. The van der Waals surface area contributed by atoms with Crippen LogP contribution in [-0.2, 0) is 27.7 Å². The third-order valence-corrected chi connectivity index (χ3v) is 4.13. The Morgan fingerprint density at radius 3 is 2.52 bits per heavy atom. The standard InChI is InChI=1S/C13H14FNO.C7H14N.W/c1-3-11(7-12(14)4-2)13-6-5-10(9-16)8-15-13;8-6-5-7-3-1-2-4-7;/h3-8,16H,2,9H2,1H3;7-8H,1-6H2;/q;-1;/b11-3+,12-7+;;. The quantitative estimate of drug-likeness (QED) is 0.500. The molecule has 1 aliphatic rings. The fourth-order valence-electron chi connectivity index (χ4n) is 2.70. The van der Waals surface area contributed by atoms with Crippen molar-refractivity contribution in [1.82, 2.24) is 4.98 Å². The summed E-state index contributed by atoms with van der Waals surface area (Å²) >= 11 is 0. The number of aromatic nitrogens is 1. The van der Waals surface area contributed by atoms with Crippen molar-refractivity contribution >= 4 is 5.57 Å². The van der Waals surface area contributed by atoms with Gasteiger partial charge in [-0.1, -0.05) is 50.8 Å². The van der Waals surface area contributed by atoms with Crippen LogP contribution in [0.1, 0.15) is 50.3 Å².